The van der Waals surface area contributed by atoms with Crippen molar-refractivity contribution in [1.29, 1.82) is 0 Å². The summed E-state index contributed by atoms with van der Waals surface area (Å²) in [5.41, 5.74) is 1.67. The van der Waals surface area contributed by atoms with Crippen LogP contribution >= 0.6 is 0 Å². The number of methoxy groups -OCH3 is 1. The third kappa shape index (κ3) is 4.53. The lowest BCUT2D eigenvalue weighted by atomic mass is 10.1. The molecule has 1 heterocycles. The van der Waals surface area contributed by atoms with Gasteiger partial charge in [-0.05, 0) is 42.5 Å². The van der Waals surface area contributed by atoms with Gasteiger partial charge in [0, 0.05) is 6.20 Å². The van der Waals surface area contributed by atoms with Gasteiger partial charge in [-0.3, -0.25) is 0 Å². The zero-order valence-electron chi connectivity index (χ0n) is 13.3. The second-order valence-corrected chi connectivity index (χ2v) is 5.20. The highest BCUT2D eigenvalue weighted by atomic mass is 19.2. The van der Waals surface area contributed by atoms with Crippen molar-refractivity contribution in [3.8, 4) is 17.6 Å². The second kappa shape index (κ2) is 8.28. The van der Waals surface area contributed by atoms with Gasteiger partial charge in [0.25, 0.3) is 0 Å². The van der Waals surface area contributed by atoms with E-state index >= 15 is 0 Å². The van der Waals surface area contributed by atoms with Crippen molar-refractivity contribution >= 4 is 0 Å². The fourth-order valence-corrected chi connectivity index (χ4v) is 2.14. The number of nitrogens with zero attached hydrogens (tertiary/aromatic N) is 1. The number of halogens is 2. The topological polar surface area (TPSA) is 22.1 Å². The molecule has 0 fully saturated rings. The van der Waals surface area contributed by atoms with Crippen LogP contribution in [-0.2, 0) is 6.42 Å². The number of rotatable bonds is 5. The minimum absolute atomic E-state index is 0.0166. The molecule has 2 aromatic rings. The largest absolute Gasteiger partial charge is 0.494 e. The second-order valence-electron chi connectivity index (χ2n) is 5.20. The van der Waals surface area contributed by atoms with Gasteiger partial charge in [-0.25, -0.2) is 9.37 Å². The Morgan fingerprint density at radius 1 is 1.04 bits per heavy atom. The molecule has 0 atom stereocenters. The Morgan fingerprint density at radius 3 is 2.52 bits per heavy atom. The van der Waals surface area contributed by atoms with Crippen LogP contribution in [0.1, 0.15) is 43.0 Å². The van der Waals surface area contributed by atoms with Gasteiger partial charge < -0.3 is 4.74 Å². The molecule has 23 heavy (non-hydrogen) atoms. The lowest BCUT2D eigenvalue weighted by molar-refractivity contribution is 0.371. The first-order valence-electron chi connectivity index (χ1n) is 7.64. The summed E-state index contributed by atoms with van der Waals surface area (Å²) in [7, 11) is 1.29. The van der Waals surface area contributed by atoms with E-state index in [1.807, 2.05) is 6.07 Å². The van der Waals surface area contributed by atoms with E-state index in [4.69, 9.17) is 4.74 Å². The molecule has 0 N–H and O–H groups in total. The summed E-state index contributed by atoms with van der Waals surface area (Å²) in [5.74, 6) is 3.19. The number of hydrogen-bond acceptors (Lipinski definition) is 2. The van der Waals surface area contributed by atoms with Gasteiger partial charge in [-0.2, -0.15) is 4.39 Å². The van der Waals surface area contributed by atoms with Gasteiger partial charge in [0.05, 0.1) is 12.7 Å². The van der Waals surface area contributed by atoms with Crippen LogP contribution in [0.5, 0.6) is 5.75 Å². The summed E-state index contributed by atoms with van der Waals surface area (Å²) in [5, 5.41) is 0. The van der Waals surface area contributed by atoms with Crippen LogP contribution in [0.15, 0.2) is 30.5 Å². The molecule has 0 spiro atoms. The van der Waals surface area contributed by atoms with Crippen LogP contribution in [0.4, 0.5) is 8.78 Å². The van der Waals surface area contributed by atoms with Crippen LogP contribution in [0.2, 0.25) is 0 Å². The maximum atomic E-state index is 13.8. The number of aromatic nitrogens is 1. The minimum atomic E-state index is -1.03. The molecule has 0 radical (unpaired) electrons. The fraction of sp³-hybridized carbons (Fsp3) is 0.316. The van der Waals surface area contributed by atoms with Crippen LogP contribution in [0.25, 0.3) is 0 Å². The van der Waals surface area contributed by atoms with E-state index in [0.29, 0.717) is 5.69 Å². The Morgan fingerprint density at radius 2 is 1.87 bits per heavy atom. The predicted octanol–water partition coefficient (Wildman–Crippen LogP) is 4.50. The monoisotopic (exact) mass is 315 g/mol. The summed E-state index contributed by atoms with van der Waals surface area (Å²) in [6, 6.07) is 6.51. The highest BCUT2D eigenvalue weighted by Gasteiger charge is 2.12. The Hall–Kier alpha value is -2.41. The van der Waals surface area contributed by atoms with Gasteiger partial charge in [-0.1, -0.05) is 31.8 Å². The van der Waals surface area contributed by atoms with Gasteiger partial charge in [0.1, 0.15) is 5.69 Å². The van der Waals surface area contributed by atoms with Crippen molar-refractivity contribution in [2.75, 3.05) is 7.11 Å². The van der Waals surface area contributed by atoms with E-state index in [1.54, 1.807) is 12.3 Å². The molecule has 0 unspecified atom stereocenters. The van der Waals surface area contributed by atoms with Gasteiger partial charge >= 0.3 is 0 Å². The SMILES string of the molecule is CCCCCc1ccc(C#Cc2ccc(OC)c(F)c2F)nc1. The number of hydrogen-bond donors (Lipinski definition) is 0. The van der Waals surface area contributed by atoms with E-state index < -0.39 is 11.6 Å². The lowest BCUT2D eigenvalue weighted by Crippen LogP contribution is -1.95. The number of benzene rings is 1. The molecule has 1 aromatic heterocycles. The zero-order chi connectivity index (χ0) is 16.7. The average Bonchev–Trinajstić information content (AvgIpc) is 2.58. The van der Waals surface area contributed by atoms with Crippen molar-refractivity contribution in [1.82, 2.24) is 4.98 Å². The predicted molar refractivity (Wildman–Crippen MR) is 86.4 cm³/mol. The maximum Gasteiger partial charge on any atom is 0.201 e. The summed E-state index contributed by atoms with van der Waals surface area (Å²) in [6.45, 7) is 2.16. The van der Waals surface area contributed by atoms with E-state index in [0.717, 1.165) is 18.4 Å². The van der Waals surface area contributed by atoms with Crippen LogP contribution < -0.4 is 4.74 Å². The number of ether oxygens (including phenoxy) is 1. The van der Waals surface area contributed by atoms with Crippen molar-refractivity contribution in [3.63, 3.8) is 0 Å². The normalized spacial score (nSPS) is 10.1. The summed E-state index contributed by atoms with van der Waals surface area (Å²) >= 11 is 0. The molecule has 2 nitrogen and oxygen atoms in total. The smallest absolute Gasteiger partial charge is 0.201 e. The maximum absolute atomic E-state index is 13.8. The van der Waals surface area contributed by atoms with E-state index in [2.05, 4.69) is 23.7 Å². The van der Waals surface area contributed by atoms with Crippen molar-refractivity contribution < 1.29 is 13.5 Å². The van der Waals surface area contributed by atoms with Gasteiger partial charge in [0.2, 0.25) is 5.82 Å². The number of pyridine rings is 1. The molecular formula is C19H19F2NO. The van der Waals surface area contributed by atoms with Crippen molar-refractivity contribution in [3.05, 3.63) is 58.9 Å². The molecule has 0 amide bonds. The summed E-state index contributed by atoms with van der Waals surface area (Å²) in [6.07, 6.45) is 6.29. The standard InChI is InChI=1S/C19H19F2NO/c1-3-4-5-6-14-7-10-16(22-13-14)11-8-15-9-12-17(23-2)19(21)18(15)20/h7,9-10,12-13H,3-6H2,1-2H3. The number of aryl methyl sites for hydroxylation is 1. The summed E-state index contributed by atoms with van der Waals surface area (Å²) < 4.78 is 32.1. The van der Waals surface area contributed by atoms with Crippen LogP contribution in [0, 0.1) is 23.5 Å². The average molecular weight is 315 g/mol. The lowest BCUT2D eigenvalue weighted by Gasteiger charge is -2.03. The molecule has 0 aliphatic carbocycles. The zero-order valence-corrected chi connectivity index (χ0v) is 13.3. The summed E-state index contributed by atoms with van der Waals surface area (Å²) in [4.78, 5) is 4.24. The molecule has 4 heteroatoms. The third-order valence-corrected chi connectivity index (χ3v) is 3.49. The first-order chi connectivity index (χ1) is 11.2. The quantitative estimate of drug-likeness (QED) is 0.598. The molecule has 2 rings (SSSR count). The molecule has 0 saturated carbocycles. The van der Waals surface area contributed by atoms with Crippen LogP contribution in [0.3, 0.4) is 0 Å². The highest BCUT2D eigenvalue weighted by molar-refractivity contribution is 5.44. The number of unbranched alkanes of at least 4 members (excludes halogenated alkanes) is 2. The molecule has 120 valence electrons. The van der Waals surface area contributed by atoms with E-state index in [-0.39, 0.29) is 11.3 Å². The Bertz CT molecular complexity index is 715. The molecule has 0 aliphatic rings. The van der Waals surface area contributed by atoms with Crippen molar-refractivity contribution in [2.24, 2.45) is 0 Å². The Labute approximate surface area is 135 Å². The van der Waals surface area contributed by atoms with E-state index in [1.165, 1.54) is 32.1 Å². The molecule has 0 aliphatic heterocycles. The van der Waals surface area contributed by atoms with Crippen molar-refractivity contribution in [2.45, 2.75) is 32.6 Å². The fourth-order valence-electron chi connectivity index (χ4n) is 2.14. The third-order valence-electron chi connectivity index (χ3n) is 3.49. The molecular weight excluding hydrogens is 296 g/mol. The first kappa shape index (κ1) is 17.0. The van der Waals surface area contributed by atoms with Gasteiger partial charge in [-0.15, -0.1) is 0 Å². The van der Waals surface area contributed by atoms with Crippen LogP contribution in [-0.4, -0.2) is 12.1 Å². The minimum Gasteiger partial charge on any atom is -0.494 e. The molecule has 0 bridgehead atoms. The highest BCUT2D eigenvalue weighted by Crippen LogP contribution is 2.21. The Kier molecular flexibility index (Phi) is 6.10. The molecule has 1 aromatic carbocycles. The first-order valence-corrected chi connectivity index (χ1v) is 7.64. The Balaban J connectivity index is 2.11. The van der Waals surface area contributed by atoms with Gasteiger partial charge in [0.15, 0.2) is 11.6 Å². The van der Waals surface area contributed by atoms with E-state index in [9.17, 15) is 8.78 Å². The molecule has 0 saturated heterocycles.